The maximum atomic E-state index is 13.0. The second kappa shape index (κ2) is 8.00. The molecule has 6 heteroatoms. The number of hydrogen-bond acceptors (Lipinski definition) is 3. The number of imidazole rings is 1. The Morgan fingerprint density at radius 3 is 2.29 bits per heavy atom. The van der Waals surface area contributed by atoms with Crippen LogP contribution in [0.2, 0.25) is 0 Å². The van der Waals surface area contributed by atoms with Gasteiger partial charge in [-0.15, -0.1) is 0 Å². The summed E-state index contributed by atoms with van der Waals surface area (Å²) in [6.07, 6.45) is 5.41. The normalized spacial score (nSPS) is 11.8. The lowest BCUT2D eigenvalue weighted by Gasteiger charge is -2.10. The highest BCUT2D eigenvalue weighted by Crippen LogP contribution is 2.15. The molecule has 0 aliphatic carbocycles. The van der Waals surface area contributed by atoms with Gasteiger partial charge in [0.1, 0.15) is 5.82 Å². The van der Waals surface area contributed by atoms with Crippen LogP contribution in [0.4, 0.5) is 0 Å². The Morgan fingerprint density at radius 2 is 1.64 bits per heavy atom. The van der Waals surface area contributed by atoms with Crippen LogP contribution in [-0.4, -0.2) is 18.7 Å². The Morgan fingerprint density at radius 1 is 0.964 bits per heavy atom. The molecule has 1 aromatic carbocycles. The highest BCUT2D eigenvalue weighted by molar-refractivity contribution is 5.76. The van der Waals surface area contributed by atoms with Gasteiger partial charge >= 0.3 is 5.69 Å². The molecule has 0 atom stereocenters. The van der Waals surface area contributed by atoms with Crippen LogP contribution in [0.25, 0.3) is 23.3 Å². The molecule has 0 bridgehead atoms. The summed E-state index contributed by atoms with van der Waals surface area (Å²) in [5.74, 6) is 0.656. The summed E-state index contributed by atoms with van der Waals surface area (Å²) < 4.78 is 4.74. The lowest BCUT2D eigenvalue weighted by molar-refractivity contribution is 0.554. The van der Waals surface area contributed by atoms with Gasteiger partial charge in [0.25, 0.3) is 5.56 Å². The second-order valence-corrected chi connectivity index (χ2v) is 7.27. The first-order valence-electron chi connectivity index (χ1n) is 9.84. The second-order valence-electron chi connectivity index (χ2n) is 7.27. The van der Waals surface area contributed by atoms with Crippen LogP contribution >= 0.6 is 0 Å². The van der Waals surface area contributed by atoms with Gasteiger partial charge in [-0.05, 0) is 49.5 Å². The number of fused-ring (bicyclic) bond motifs is 1. The first-order chi connectivity index (χ1) is 13.4. The minimum Gasteiger partial charge on any atom is -0.322 e. The van der Waals surface area contributed by atoms with E-state index in [0.717, 1.165) is 18.4 Å². The molecule has 0 aliphatic heterocycles. The van der Waals surface area contributed by atoms with E-state index in [0.29, 0.717) is 30.1 Å². The van der Waals surface area contributed by atoms with Crippen LogP contribution in [0.5, 0.6) is 0 Å². The van der Waals surface area contributed by atoms with Gasteiger partial charge in [-0.25, -0.2) is 9.78 Å². The van der Waals surface area contributed by atoms with Crippen LogP contribution < -0.4 is 11.2 Å². The van der Waals surface area contributed by atoms with E-state index in [9.17, 15) is 9.59 Å². The summed E-state index contributed by atoms with van der Waals surface area (Å²) in [5, 5.41) is 0. The summed E-state index contributed by atoms with van der Waals surface area (Å²) >= 11 is 0. The molecule has 0 radical (unpaired) electrons. The molecule has 0 N–H and O–H groups in total. The molecule has 3 aromatic rings. The summed E-state index contributed by atoms with van der Waals surface area (Å²) in [6.45, 7) is 9.09. The van der Waals surface area contributed by atoms with Gasteiger partial charge < -0.3 is 4.57 Å². The van der Waals surface area contributed by atoms with E-state index in [1.165, 1.54) is 15.7 Å². The number of benzene rings is 1. The summed E-state index contributed by atoms with van der Waals surface area (Å²) in [4.78, 5) is 30.4. The van der Waals surface area contributed by atoms with Gasteiger partial charge in [0.15, 0.2) is 11.2 Å². The van der Waals surface area contributed by atoms with Crippen molar-refractivity contribution < 1.29 is 0 Å². The van der Waals surface area contributed by atoms with E-state index >= 15 is 0 Å². The Balaban J connectivity index is 2.18. The molecule has 2 aromatic heterocycles. The van der Waals surface area contributed by atoms with E-state index in [1.54, 1.807) is 9.13 Å². The largest absolute Gasteiger partial charge is 0.332 e. The average molecular weight is 380 g/mol. The number of aryl methyl sites for hydroxylation is 4. The third-order valence-corrected chi connectivity index (χ3v) is 5.13. The van der Waals surface area contributed by atoms with Gasteiger partial charge in [-0.2, -0.15) is 0 Å². The highest BCUT2D eigenvalue weighted by atomic mass is 16.2. The Kier molecular flexibility index (Phi) is 5.68. The molecular formula is C22H28N4O2. The number of nitrogens with zero attached hydrogens (tertiary/aromatic N) is 4. The van der Waals surface area contributed by atoms with Crippen LogP contribution in [-0.2, 0) is 20.1 Å². The van der Waals surface area contributed by atoms with Gasteiger partial charge in [-0.3, -0.25) is 13.9 Å². The molecule has 2 heterocycles. The molecule has 0 saturated carbocycles. The zero-order chi connectivity index (χ0) is 20.4. The van der Waals surface area contributed by atoms with Crippen molar-refractivity contribution >= 4 is 23.3 Å². The summed E-state index contributed by atoms with van der Waals surface area (Å²) in [6, 6.07) is 6.27. The zero-order valence-electron chi connectivity index (χ0n) is 17.3. The van der Waals surface area contributed by atoms with Crippen LogP contribution in [0.3, 0.4) is 0 Å². The molecule has 28 heavy (non-hydrogen) atoms. The fourth-order valence-corrected chi connectivity index (χ4v) is 3.41. The van der Waals surface area contributed by atoms with Gasteiger partial charge in [0.2, 0.25) is 0 Å². The zero-order valence-corrected chi connectivity index (χ0v) is 17.3. The molecule has 0 spiro atoms. The van der Waals surface area contributed by atoms with E-state index in [1.807, 2.05) is 33.0 Å². The fraction of sp³-hybridized carbons (Fsp3) is 0.409. The maximum Gasteiger partial charge on any atom is 0.332 e. The number of aromatic nitrogens is 4. The van der Waals surface area contributed by atoms with Gasteiger partial charge in [0, 0.05) is 20.1 Å². The first-order valence-corrected chi connectivity index (χ1v) is 9.84. The predicted molar refractivity (Wildman–Crippen MR) is 115 cm³/mol. The quantitative estimate of drug-likeness (QED) is 0.657. The van der Waals surface area contributed by atoms with Gasteiger partial charge in [0.05, 0.1) is 0 Å². The van der Waals surface area contributed by atoms with E-state index < -0.39 is 0 Å². The van der Waals surface area contributed by atoms with Crippen molar-refractivity contribution in [3.63, 3.8) is 0 Å². The third kappa shape index (κ3) is 3.46. The molecule has 6 nitrogen and oxygen atoms in total. The minimum absolute atomic E-state index is 0.268. The highest BCUT2D eigenvalue weighted by Gasteiger charge is 2.18. The standard InChI is InChI=1S/C22H28N4O2/c1-6-12-25-20-19(21(27)26(13-7-2)22(25)28)24(5)18(23-20)11-10-17-9-8-15(3)16(4)14-17/h8-11,14H,6-7,12-13H2,1-5H3. The van der Waals surface area contributed by atoms with Crippen molar-refractivity contribution in [3.05, 3.63) is 61.6 Å². The van der Waals surface area contributed by atoms with E-state index in [4.69, 9.17) is 0 Å². The van der Waals surface area contributed by atoms with E-state index in [-0.39, 0.29) is 11.2 Å². The summed E-state index contributed by atoms with van der Waals surface area (Å²) in [5.41, 5.74) is 3.95. The third-order valence-electron chi connectivity index (χ3n) is 5.13. The molecular weight excluding hydrogens is 352 g/mol. The van der Waals surface area contributed by atoms with Crippen molar-refractivity contribution in [2.45, 2.75) is 53.6 Å². The van der Waals surface area contributed by atoms with Gasteiger partial charge in [-0.1, -0.05) is 38.1 Å². The van der Waals surface area contributed by atoms with Crippen molar-refractivity contribution in [1.82, 2.24) is 18.7 Å². The van der Waals surface area contributed by atoms with Crippen molar-refractivity contribution in [2.75, 3.05) is 0 Å². The summed E-state index contributed by atoms with van der Waals surface area (Å²) in [7, 11) is 1.83. The SMILES string of the molecule is CCCn1c(=O)c2c(nc(C=Cc3ccc(C)c(C)c3)n2C)n(CCC)c1=O. The van der Waals surface area contributed by atoms with Crippen molar-refractivity contribution in [3.8, 4) is 0 Å². The number of hydrogen-bond donors (Lipinski definition) is 0. The van der Waals surface area contributed by atoms with E-state index in [2.05, 4.69) is 37.0 Å². The topological polar surface area (TPSA) is 61.8 Å². The lowest BCUT2D eigenvalue weighted by atomic mass is 10.1. The Hall–Kier alpha value is -2.89. The van der Waals surface area contributed by atoms with Crippen molar-refractivity contribution in [1.29, 1.82) is 0 Å². The Labute approximate surface area is 164 Å². The minimum atomic E-state index is -0.274. The average Bonchev–Trinajstić information content (AvgIpc) is 2.99. The molecule has 0 unspecified atom stereocenters. The van der Waals surface area contributed by atoms with Crippen LogP contribution in [0.15, 0.2) is 27.8 Å². The predicted octanol–water partition coefficient (Wildman–Crippen LogP) is 3.50. The maximum absolute atomic E-state index is 13.0. The Bertz CT molecular complexity index is 1160. The monoisotopic (exact) mass is 380 g/mol. The van der Waals surface area contributed by atoms with Crippen LogP contribution in [0.1, 0.15) is 49.2 Å². The van der Waals surface area contributed by atoms with Crippen molar-refractivity contribution in [2.24, 2.45) is 7.05 Å². The molecule has 0 fully saturated rings. The number of rotatable bonds is 6. The van der Waals surface area contributed by atoms with Crippen LogP contribution in [0, 0.1) is 13.8 Å². The lowest BCUT2D eigenvalue weighted by Crippen LogP contribution is -2.40. The smallest absolute Gasteiger partial charge is 0.322 e. The molecule has 0 saturated heterocycles. The molecule has 0 aliphatic rings. The first kappa shape index (κ1) is 19.9. The molecule has 0 amide bonds. The molecule has 3 rings (SSSR count). The fourth-order valence-electron chi connectivity index (χ4n) is 3.41. The molecule has 148 valence electrons.